The molecule has 1 unspecified atom stereocenters. The number of rotatable bonds is 7. The van der Waals surface area contributed by atoms with Crippen LogP contribution in [0.1, 0.15) is 58.1 Å². The smallest absolute Gasteiger partial charge is 0.338 e. The molecule has 0 bridgehead atoms. The van der Waals surface area contributed by atoms with Gasteiger partial charge in [0.1, 0.15) is 0 Å². The predicted octanol–water partition coefficient (Wildman–Crippen LogP) is 5.94. The highest BCUT2D eigenvalue weighted by atomic mass is 16.6. The van der Waals surface area contributed by atoms with Crippen LogP contribution in [0, 0.1) is 5.41 Å². The minimum absolute atomic E-state index is 0.0993. The van der Waals surface area contributed by atoms with Crippen LogP contribution in [0.5, 0.6) is 11.5 Å². The van der Waals surface area contributed by atoms with Crippen molar-refractivity contribution in [2.24, 2.45) is 5.41 Å². The molecule has 184 valence electrons. The molecule has 2 aromatic carbocycles. The standard InChI is InChI=1S/C29H32O6/c1-17(2)26(30)33-16-22-11-9-19-8-10-20(14-23(19)22)21-12-13-24(34-27(31)18(3)4)25(15-21)35-28(32)29(5,6)7/h8,10,12-15,22H,1,3,9,11,16H2,2,4-7H3. The van der Waals surface area contributed by atoms with Crippen LogP contribution < -0.4 is 9.47 Å². The molecule has 0 amide bonds. The van der Waals surface area contributed by atoms with E-state index in [1.807, 2.05) is 12.1 Å². The summed E-state index contributed by atoms with van der Waals surface area (Å²) < 4.78 is 16.5. The number of hydrogen-bond donors (Lipinski definition) is 0. The summed E-state index contributed by atoms with van der Waals surface area (Å²) >= 11 is 0. The lowest BCUT2D eigenvalue weighted by Gasteiger charge is -2.19. The number of hydrogen-bond acceptors (Lipinski definition) is 6. The Bertz CT molecular complexity index is 1200. The van der Waals surface area contributed by atoms with E-state index in [2.05, 4.69) is 25.3 Å². The summed E-state index contributed by atoms with van der Waals surface area (Å²) in [4.78, 5) is 36.6. The Morgan fingerprint density at radius 3 is 2.14 bits per heavy atom. The number of fused-ring (bicyclic) bond motifs is 1. The molecule has 0 heterocycles. The molecule has 0 spiro atoms. The van der Waals surface area contributed by atoms with E-state index in [9.17, 15) is 14.4 Å². The summed E-state index contributed by atoms with van der Waals surface area (Å²) in [7, 11) is 0. The molecule has 1 aliphatic carbocycles. The first-order chi connectivity index (χ1) is 16.4. The maximum absolute atomic E-state index is 12.6. The van der Waals surface area contributed by atoms with Gasteiger partial charge in [0.2, 0.25) is 0 Å². The second-order valence-electron chi connectivity index (χ2n) is 10.00. The van der Waals surface area contributed by atoms with Gasteiger partial charge in [-0.2, -0.15) is 0 Å². The lowest BCUT2D eigenvalue weighted by Crippen LogP contribution is -2.26. The molecular formula is C29H32O6. The number of benzene rings is 2. The molecule has 6 nitrogen and oxygen atoms in total. The minimum atomic E-state index is -0.742. The van der Waals surface area contributed by atoms with Gasteiger partial charge in [-0.05, 0) is 81.8 Å². The van der Waals surface area contributed by atoms with Crippen molar-refractivity contribution in [1.82, 2.24) is 0 Å². The molecule has 0 radical (unpaired) electrons. The Morgan fingerprint density at radius 2 is 1.51 bits per heavy atom. The first-order valence-corrected chi connectivity index (χ1v) is 11.6. The maximum atomic E-state index is 12.6. The van der Waals surface area contributed by atoms with Gasteiger partial charge in [0.05, 0.1) is 12.0 Å². The number of ether oxygens (including phenoxy) is 3. The summed E-state index contributed by atoms with van der Waals surface area (Å²) in [6.07, 6.45) is 1.81. The first-order valence-electron chi connectivity index (χ1n) is 11.6. The van der Waals surface area contributed by atoms with E-state index in [1.165, 1.54) is 5.56 Å². The highest BCUT2D eigenvalue weighted by Gasteiger charge is 2.27. The SMILES string of the molecule is C=C(C)C(=O)OCC1CCc2ccc(-c3ccc(OC(=O)C(=C)C)c(OC(=O)C(C)(C)C)c3)cc21. The van der Waals surface area contributed by atoms with Crippen LogP contribution in [-0.4, -0.2) is 24.5 Å². The number of carbonyl (C=O) groups excluding carboxylic acids is 3. The van der Waals surface area contributed by atoms with Crippen molar-refractivity contribution in [3.63, 3.8) is 0 Å². The molecule has 35 heavy (non-hydrogen) atoms. The molecule has 3 rings (SSSR count). The third-order valence-electron chi connectivity index (χ3n) is 5.76. The molecule has 6 heteroatoms. The quantitative estimate of drug-likeness (QED) is 0.280. The fourth-order valence-electron chi connectivity index (χ4n) is 3.63. The molecular weight excluding hydrogens is 444 g/mol. The van der Waals surface area contributed by atoms with Gasteiger partial charge in [0, 0.05) is 17.1 Å². The average molecular weight is 477 g/mol. The lowest BCUT2D eigenvalue weighted by molar-refractivity contribution is -0.143. The maximum Gasteiger partial charge on any atom is 0.338 e. The molecule has 1 atom stereocenters. The van der Waals surface area contributed by atoms with Crippen LogP contribution in [0.15, 0.2) is 60.7 Å². The average Bonchev–Trinajstić information content (AvgIpc) is 3.19. The zero-order chi connectivity index (χ0) is 25.9. The second kappa shape index (κ2) is 10.3. The summed E-state index contributed by atoms with van der Waals surface area (Å²) in [5.41, 5.74) is 3.92. The molecule has 1 aliphatic rings. The van der Waals surface area contributed by atoms with Crippen molar-refractivity contribution in [2.75, 3.05) is 6.61 Å². The van der Waals surface area contributed by atoms with Crippen molar-refractivity contribution in [3.8, 4) is 22.6 Å². The fraction of sp³-hybridized carbons (Fsp3) is 0.345. The largest absolute Gasteiger partial charge is 0.462 e. The van der Waals surface area contributed by atoms with Crippen LogP contribution in [0.2, 0.25) is 0 Å². The van der Waals surface area contributed by atoms with Crippen LogP contribution in [0.25, 0.3) is 11.1 Å². The van der Waals surface area contributed by atoms with Gasteiger partial charge in [0.15, 0.2) is 11.5 Å². The third-order valence-corrected chi connectivity index (χ3v) is 5.76. The van der Waals surface area contributed by atoms with Gasteiger partial charge in [-0.15, -0.1) is 0 Å². The monoisotopic (exact) mass is 476 g/mol. The van der Waals surface area contributed by atoms with Gasteiger partial charge in [0.25, 0.3) is 0 Å². The highest BCUT2D eigenvalue weighted by molar-refractivity contribution is 5.90. The number of esters is 3. The van der Waals surface area contributed by atoms with Crippen LogP contribution in [0.3, 0.4) is 0 Å². The molecule has 0 aromatic heterocycles. The molecule has 2 aromatic rings. The number of aryl methyl sites for hydroxylation is 1. The van der Waals surface area contributed by atoms with Gasteiger partial charge >= 0.3 is 17.9 Å². The van der Waals surface area contributed by atoms with Gasteiger partial charge in [-0.25, -0.2) is 9.59 Å². The lowest BCUT2D eigenvalue weighted by atomic mass is 9.96. The van der Waals surface area contributed by atoms with Crippen molar-refractivity contribution < 1.29 is 28.6 Å². The van der Waals surface area contributed by atoms with Crippen LogP contribution in [0.4, 0.5) is 0 Å². The van der Waals surface area contributed by atoms with Crippen LogP contribution in [-0.2, 0) is 25.5 Å². The minimum Gasteiger partial charge on any atom is -0.462 e. The zero-order valence-electron chi connectivity index (χ0n) is 21.0. The predicted molar refractivity (Wildman–Crippen MR) is 134 cm³/mol. The number of carbonyl (C=O) groups is 3. The second-order valence-corrected chi connectivity index (χ2v) is 10.00. The van der Waals surface area contributed by atoms with E-state index < -0.39 is 17.4 Å². The molecule has 0 saturated carbocycles. The Balaban J connectivity index is 1.93. The topological polar surface area (TPSA) is 78.9 Å². The van der Waals surface area contributed by atoms with Gasteiger partial charge < -0.3 is 14.2 Å². The van der Waals surface area contributed by atoms with Gasteiger partial charge in [-0.3, -0.25) is 4.79 Å². The molecule has 0 fully saturated rings. The summed E-state index contributed by atoms with van der Waals surface area (Å²) in [5.74, 6) is -1.04. The van der Waals surface area contributed by atoms with Crippen molar-refractivity contribution in [2.45, 2.75) is 53.4 Å². The Hall–Kier alpha value is -3.67. The van der Waals surface area contributed by atoms with Crippen molar-refractivity contribution in [3.05, 3.63) is 71.8 Å². The Morgan fingerprint density at radius 1 is 0.886 bits per heavy atom. The zero-order valence-corrected chi connectivity index (χ0v) is 21.0. The van der Waals surface area contributed by atoms with Crippen molar-refractivity contribution in [1.29, 1.82) is 0 Å². The fourth-order valence-corrected chi connectivity index (χ4v) is 3.63. The highest BCUT2D eigenvalue weighted by Crippen LogP contribution is 2.39. The molecule has 0 aliphatic heterocycles. The van der Waals surface area contributed by atoms with E-state index in [1.54, 1.807) is 46.8 Å². The van der Waals surface area contributed by atoms with E-state index in [4.69, 9.17) is 14.2 Å². The summed E-state index contributed by atoms with van der Waals surface area (Å²) in [6.45, 7) is 16.0. The summed E-state index contributed by atoms with van der Waals surface area (Å²) in [5, 5.41) is 0. The van der Waals surface area contributed by atoms with Crippen molar-refractivity contribution >= 4 is 17.9 Å². The first kappa shape index (κ1) is 25.9. The Labute approximate surface area is 206 Å². The van der Waals surface area contributed by atoms with E-state index >= 15 is 0 Å². The normalized spacial score (nSPS) is 14.6. The van der Waals surface area contributed by atoms with E-state index in [0.717, 1.165) is 29.5 Å². The summed E-state index contributed by atoms with van der Waals surface area (Å²) in [6, 6.07) is 11.3. The molecule has 0 N–H and O–H groups in total. The molecule has 0 saturated heterocycles. The third kappa shape index (κ3) is 6.27. The van der Waals surface area contributed by atoms with E-state index in [-0.39, 0.29) is 29.0 Å². The van der Waals surface area contributed by atoms with Gasteiger partial charge in [-0.1, -0.05) is 37.4 Å². The van der Waals surface area contributed by atoms with Crippen LogP contribution >= 0.6 is 0 Å². The van der Waals surface area contributed by atoms with E-state index in [0.29, 0.717) is 12.2 Å². The Kier molecular flexibility index (Phi) is 7.64.